The lowest BCUT2D eigenvalue weighted by Crippen LogP contribution is -2.06. The highest BCUT2D eigenvalue weighted by molar-refractivity contribution is 5.71. The number of nitrogens with one attached hydrogen (secondary N) is 1. The van der Waals surface area contributed by atoms with Crippen LogP contribution in [0.15, 0.2) is 18.2 Å². The van der Waals surface area contributed by atoms with Crippen molar-refractivity contribution in [1.29, 1.82) is 0 Å². The third-order valence-corrected chi connectivity index (χ3v) is 2.71. The number of rotatable bonds is 9. The Kier molecular flexibility index (Phi) is 6.08. The van der Waals surface area contributed by atoms with E-state index in [9.17, 15) is 25.0 Å². The lowest BCUT2D eigenvalue weighted by atomic mass is 10.2. The molecule has 0 unspecified atom stereocenters. The fourth-order valence-corrected chi connectivity index (χ4v) is 1.77. The second-order valence-electron chi connectivity index (χ2n) is 4.13. The van der Waals surface area contributed by atoms with Gasteiger partial charge in [0.25, 0.3) is 0 Å². The van der Waals surface area contributed by atoms with Crippen LogP contribution < -0.4 is 5.32 Å². The number of unbranched alkanes of at least 4 members (excludes halogenated alkanes) is 3. The number of nitrogens with zero attached hydrogens (tertiary/aromatic N) is 2. The van der Waals surface area contributed by atoms with Crippen molar-refractivity contribution in [3.05, 3.63) is 38.4 Å². The first-order chi connectivity index (χ1) is 9.57. The first-order valence-electron chi connectivity index (χ1n) is 6.17. The van der Waals surface area contributed by atoms with Crippen molar-refractivity contribution < 1.29 is 14.6 Å². The zero-order chi connectivity index (χ0) is 15.0. The molecule has 108 valence electrons. The number of para-hydroxylation sites is 1. The molecule has 0 aromatic heterocycles. The molecule has 0 aliphatic rings. The minimum atomic E-state index is -0.770. The van der Waals surface area contributed by atoms with Gasteiger partial charge >= 0.3 is 11.4 Å². The number of nitro groups is 2. The number of hydrogen-bond donors (Lipinski definition) is 1. The molecule has 0 radical (unpaired) electrons. The van der Waals surface area contributed by atoms with Gasteiger partial charge in [0.2, 0.25) is 0 Å². The van der Waals surface area contributed by atoms with Gasteiger partial charge in [0.1, 0.15) is 12.0 Å². The maximum atomic E-state index is 10.9. The number of nitro benzene ring substituents is 2. The first-order valence-corrected chi connectivity index (χ1v) is 6.17. The zero-order valence-corrected chi connectivity index (χ0v) is 10.8. The highest BCUT2D eigenvalue weighted by Gasteiger charge is 2.27. The predicted molar refractivity (Wildman–Crippen MR) is 72.8 cm³/mol. The van der Waals surface area contributed by atoms with Crippen LogP contribution in [0, 0.1) is 20.2 Å². The molecule has 0 saturated carbocycles. The Balaban J connectivity index is 2.70. The number of hydrogen-bond acceptors (Lipinski definition) is 6. The van der Waals surface area contributed by atoms with Crippen molar-refractivity contribution in [2.45, 2.75) is 25.7 Å². The van der Waals surface area contributed by atoms with Gasteiger partial charge in [-0.25, -0.2) is 0 Å². The van der Waals surface area contributed by atoms with E-state index in [-0.39, 0.29) is 5.69 Å². The minimum absolute atomic E-state index is 0.139. The molecular weight excluding hydrogens is 266 g/mol. The Labute approximate surface area is 115 Å². The zero-order valence-electron chi connectivity index (χ0n) is 10.8. The van der Waals surface area contributed by atoms with Gasteiger partial charge in [-0.2, -0.15) is 0 Å². The van der Waals surface area contributed by atoms with E-state index in [0.29, 0.717) is 13.0 Å². The van der Waals surface area contributed by atoms with Gasteiger partial charge in [-0.05, 0) is 18.9 Å². The summed E-state index contributed by atoms with van der Waals surface area (Å²) in [6.45, 7) is 0.459. The number of anilines is 1. The summed E-state index contributed by atoms with van der Waals surface area (Å²) in [5.41, 5.74) is -0.911. The van der Waals surface area contributed by atoms with Gasteiger partial charge in [0.05, 0.1) is 9.85 Å². The topological polar surface area (TPSA) is 115 Å². The summed E-state index contributed by atoms with van der Waals surface area (Å²) in [6.07, 6.45) is 3.65. The van der Waals surface area contributed by atoms with Crippen molar-refractivity contribution in [2.24, 2.45) is 0 Å². The van der Waals surface area contributed by atoms with Crippen LogP contribution in [0.25, 0.3) is 0 Å². The van der Waals surface area contributed by atoms with E-state index in [1.165, 1.54) is 12.1 Å². The molecule has 0 aliphatic heterocycles. The second kappa shape index (κ2) is 7.82. The molecule has 1 aromatic rings. The lowest BCUT2D eigenvalue weighted by molar-refractivity contribution is -0.421. The van der Waals surface area contributed by atoms with Gasteiger partial charge in [0, 0.05) is 19.0 Å². The molecule has 1 N–H and O–H groups in total. The highest BCUT2D eigenvalue weighted by atomic mass is 16.6. The molecule has 8 nitrogen and oxygen atoms in total. The summed E-state index contributed by atoms with van der Waals surface area (Å²) in [6, 6.07) is 3.95. The fraction of sp³-hybridized carbons (Fsp3) is 0.417. The normalized spacial score (nSPS) is 10.0. The van der Waals surface area contributed by atoms with Gasteiger partial charge in [-0.3, -0.25) is 20.2 Å². The van der Waals surface area contributed by atoms with Crippen molar-refractivity contribution in [2.75, 3.05) is 11.9 Å². The Bertz CT molecular complexity index is 504. The molecule has 0 saturated heterocycles. The average molecular weight is 281 g/mol. The number of aldehydes is 1. The quantitative estimate of drug-likeness (QED) is 0.322. The van der Waals surface area contributed by atoms with Gasteiger partial charge in [0.15, 0.2) is 0 Å². The van der Waals surface area contributed by atoms with E-state index in [2.05, 4.69) is 5.32 Å². The fourth-order valence-electron chi connectivity index (χ4n) is 1.77. The Morgan fingerprint density at radius 2 is 1.85 bits per heavy atom. The highest BCUT2D eigenvalue weighted by Crippen LogP contribution is 2.34. The molecule has 0 heterocycles. The summed E-state index contributed by atoms with van der Waals surface area (Å²) in [5.74, 6) is 0. The maximum absolute atomic E-state index is 10.9. The number of benzene rings is 1. The number of carbonyl (C=O) groups is 1. The van der Waals surface area contributed by atoms with E-state index >= 15 is 0 Å². The summed E-state index contributed by atoms with van der Waals surface area (Å²) < 4.78 is 0. The summed E-state index contributed by atoms with van der Waals surface area (Å²) in [5, 5.41) is 24.5. The van der Waals surface area contributed by atoms with Crippen LogP contribution in [-0.2, 0) is 4.79 Å². The van der Waals surface area contributed by atoms with E-state index in [1.54, 1.807) is 0 Å². The molecule has 1 aromatic carbocycles. The van der Waals surface area contributed by atoms with E-state index < -0.39 is 21.2 Å². The molecule has 0 bridgehead atoms. The molecule has 0 fully saturated rings. The summed E-state index contributed by atoms with van der Waals surface area (Å²) >= 11 is 0. The second-order valence-corrected chi connectivity index (χ2v) is 4.13. The van der Waals surface area contributed by atoms with Crippen LogP contribution in [0.4, 0.5) is 17.1 Å². The third-order valence-electron chi connectivity index (χ3n) is 2.71. The molecule has 0 atom stereocenters. The van der Waals surface area contributed by atoms with Gasteiger partial charge < -0.3 is 10.1 Å². The maximum Gasteiger partial charge on any atom is 0.368 e. The van der Waals surface area contributed by atoms with Crippen molar-refractivity contribution in [1.82, 2.24) is 0 Å². The van der Waals surface area contributed by atoms with Crippen LogP contribution in [0.3, 0.4) is 0 Å². The molecule has 1 rings (SSSR count). The van der Waals surface area contributed by atoms with Crippen molar-refractivity contribution >= 4 is 23.3 Å². The van der Waals surface area contributed by atoms with Crippen LogP contribution in [0.2, 0.25) is 0 Å². The molecular formula is C12H15N3O5. The van der Waals surface area contributed by atoms with E-state index in [4.69, 9.17) is 0 Å². The van der Waals surface area contributed by atoms with E-state index in [0.717, 1.165) is 31.6 Å². The van der Waals surface area contributed by atoms with Crippen LogP contribution in [0.5, 0.6) is 0 Å². The Hall–Kier alpha value is -2.51. The summed E-state index contributed by atoms with van der Waals surface area (Å²) in [4.78, 5) is 30.3. The standard InChI is InChI=1S/C12H15N3O5/c16-9-4-2-1-3-8-13-10-6-5-7-11(14(17)18)12(10)15(19)20/h5-7,9,13H,1-4,8H2. The van der Waals surface area contributed by atoms with Gasteiger partial charge in [-0.15, -0.1) is 0 Å². The number of carbonyl (C=O) groups excluding carboxylic acids is 1. The largest absolute Gasteiger partial charge is 0.379 e. The van der Waals surface area contributed by atoms with Crippen LogP contribution >= 0.6 is 0 Å². The molecule has 8 heteroatoms. The average Bonchev–Trinajstić information content (AvgIpc) is 2.42. The van der Waals surface area contributed by atoms with Crippen molar-refractivity contribution in [3.8, 4) is 0 Å². The molecule has 20 heavy (non-hydrogen) atoms. The summed E-state index contributed by atoms with van der Waals surface area (Å²) in [7, 11) is 0. The predicted octanol–water partition coefficient (Wildman–Crippen LogP) is 2.67. The van der Waals surface area contributed by atoms with Crippen molar-refractivity contribution in [3.63, 3.8) is 0 Å². The monoisotopic (exact) mass is 281 g/mol. The SMILES string of the molecule is O=CCCCCCNc1cccc([N+](=O)[O-])c1[N+](=O)[O-]. The molecule has 0 spiro atoms. The van der Waals surface area contributed by atoms with Crippen LogP contribution in [-0.4, -0.2) is 22.7 Å². The smallest absolute Gasteiger partial charge is 0.368 e. The Morgan fingerprint density at radius 1 is 1.10 bits per heavy atom. The molecule has 0 amide bonds. The minimum Gasteiger partial charge on any atom is -0.379 e. The van der Waals surface area contributed by atoms with Gasteiger partial charge in [-0.1, -0.05) is 12.5 Å². The third kappa shape index (κ3) is 4.30. The van der Waals surface area contributed by atoms with E-state index in [1.807, 2.05) is 0 Å². The Morgan fingerprint density at radius 3 is 2.45 bits per heavy atom. The first kappa shape index (κ1) is 15.5. The van der Waals surface area contributed by atoms with Crippen LogP contribution in [0.1, 0.15) is 25.7 Å². The molecule has 0 aliphatic carbocycles. The lowest BCUT2D eigenvalue weighted by Gasteiger charge is -2.06.